The Kier molecular flexibility index (Phi) is 3.97. The molecule has 19 heavy (non-hydrogen) atoms. The van der Waals surface area contributed by atoms with Gasteiger partial charge in [-0.3, -0.25) is 4.79 Å². The molecule has 1 heterocycles. The summed E-state index contributed by atoms with van der Waals surface area (Å²) in [5.74, 6) is -0.353. The fourth-order valence-electron chi connectivity index (χ4n) is 3.81. The molecule has 1 aliphatic carbocycles. The number of carboxylic acid groups (broad SMARTS) is 1. The van der Waals surface area contributed by atoms with Gasteiger partial charge in [-0.1, -0.05) is 13.8 Å². The van der Waals surface area contributed by atoms with Crippen molar-refractivity contribution in [3.63, 3.8) is 0 Å². The van der Waals surface area contributed by atoms with Crippen molar-refractivity contribution < 1.29 is 9.90 Å². The molecule has 2 unspecified atom stereocenters. The average Bonchev–Trinajstić information content (AvgIpc) is 2.70. The van der Waals surface area contributed by atoms with Crippen molar-refractivity contribution >= 4 is 5.97 Å². The van der Waals surface area contributed by atoms with Crippen LogP contribution in [0.1, 0.15) is 59.8 Å². The number of piperidine rings is 1. The standard InChI is InChI=1S/C16H29NO2/c1-15(2)8-7-13(10-15)17-9-5-6-12(11-17)16(3,4)14(18)19/h12-13H,5-11H2,1-4H3,(H,18,19). The molecule has 0 amide bonds. The van der Waals surface area contributed by atoms with E-state index >= 15 is 0 Å². The first-order chi connectivity index (χ1) is 8.72. The Hall–Kier alpha value is -0.570. The second kappa shape index (κ2) is 5.08. The topological polar surface area (TPSA) is 40.5 Å². The van der Waals surface area contributed by atoms with E-state index in [1.165, 1.54) is 19.3 Å². The zero-order valence-corrected chi connectivity index (χ0v) is 12.9. The van der Waals surface area contributed by atoms with Crippen molar-refractivity contribution in [1.29, 1.82) is 0 Å². The number of rotatable bonds is 3. The summed E-state index contributed by atoms with van der Waals surface area (Å²) in [5, 5.41) is 9.41. The Balaban J connectivity index is 2.00. The highest BCUT2D eigenvalue weighted by Gasteiger charge is 2.42. The molecule has 3 heteroatoms. The van der Waals surface area contributed by atoms with Crippen LogP contribution in [0.3, 0.4) is 0 Å². The molecular formula is C16H29NO2. The van der Waals surface area contributed by atoms with Gasteiger partial charge in [0, 0.05) is 12.6 Å². The van der Waals surface area contributed by atoms with E-state index < -0.39 is 11.4 Å². The first-order valence-electron chi connectivity index (χ1n) is 7.70. The number of aliphatic carboxylic acids is 1. The number of nitrogens with zero attached hydrogens (tertiary/aromatic N) is 1. The number of hydrogen-bond donors (Lipinski definition) is 1. The Morgan fingerprint density at radius 3 is 2.53 bits per heavy atom. The van der Waals surface area contributed by atoms with Gasteiger partial charge in [-0.25, -0.2) is 0 Å². The van der Waals surface area contributed by atoms with Gasteiger partial charge in [0.1, 0.15) is 0 Å². The maximum atomic E-state index is 11.4. The lowest BCUT2D eigenvalue weighted by Crippen LogP contribution is -2.48. The minimum Gasteiger partial charge on any atom is -0.481 e. The molecule has 0 aromatic rings. The lowest BCUT2D eigenvalue weighted by Gasteiger charge is -2.42. The van der Waals surface area contributed by atoms with E-state index in [0.29, 0.717) is 17.4 Å². The fourth-order valence-corrected chi connectivity index (χ4v) is 3.81. The van der Waals surface area contributed by atoms with Crippen LogP contribution >= 0.6 is 0 Å². The van der Waals surface area contributed by atoms with Gasteiger partial charge in [0.2, 0.25) is 0 Å². The zero-order valence-electron chi connectivity index (χ0n) is 12.9. The van der Waals surface area contributed by atoms with Gasteiger partial charge < -0.3 is 10.0 Å². The van der Waals surface area contributed by atoms with Crippen molar-refractivity contribution in [3.05, 3.63) is 0 Å². The third kappa shape index (κ3) is 3.13. The molecule has 2 rings (SSSR count). The van der Waals surface area contributed by atoms with E-state index in [2.05, 4.69) is 18.7 Å². The van der Waals surface area contributed by atoms with Crippen LogP contribution in [0.25, 0.3) is 0 Å². The van der Waals surface area contributed by atoms with E-state index in [9.17, 15) is 9.90 Å². The highest BCUT2D eigenvalue weighted by Crippen LogP contribution is 2.42. The highest BCUT2D eigenvalue weighted by atomic mass is 16.4. The third-order valence-electron chi connectivity index (χ3n) is 5.48. The number of carbonyl (C=O) groups is 1. The van der Waals surface area contributed by atoms with Gasteiger partial charge >= 0.3 is 5.97 Å². The summed E-state index contributed by atoms with van der Waals surface area (Å²) in [5.41, 5.74) is -0.118. The van der Waals surface area contributed by atoms with Crippen molar-refractivity contribution in [2.75, 3.05) is 13.1 Å². The lowest BCUT2D eigenvalue weighted by molar-refractivity contribution is -0.151. The Bertz CT molecular complexity index is 349. The molecular weight excluding hydrogens is 238 g/mol. The summed E-state index contributed by atoms with van der Waals surface area (Å²) >= 11 is 0. The van der Waals surface area contributed by atoms with Gasteiger partial charge in [-0.2, -0.15) is 0 Å². The normalized spacial score (nSPS) is 32.4. The van der Waals surface area contributed by atoms with Crippen LogP contribution in [0.5, 0.6) is 0 Å². The van der Waals surface area contributed by atoms with E-state index in [-0.39, 0.29) is 0 Å². The zero-order chi connectivity index (χ0) is 14.3. The molecule has 1 N–H and O–H groups in total. The van der Waals surface area contributed by atoms with Crippen LogP contribution < -0.4 is 0 Å². The maximum Gasteiger partial charge on any atom is 0.309 e. The van der Waals surface area contributed by atoms with Crippen molar-refractivity contribution in [1.82, 2.24) is 4.90 Å². The summed E-state index contributed by atoms with van der Waals surface area (Å²) in [6.45, 7) is 10.6. The molecule has 0 radical (unpaired) electrons. The van der Waals surface area contributed by atoms with Gasteiger partial charge in [-0.15, -0.1) is 0 Å². The van der Waals surface area contributed by atoms with Crippen molar-refractivity contribution in [2.45, 2.75) is 65.8 Å². The minimum absolute atomic E-state index is 0.294. The highest BCUT2D eigenvalue weighted by molar-refractivity contribution is 5.74. The fraction of sp³-hybridized carbons (Fsp3) is 0.938. The molecule has 1 aliphatic heterocycles. The van der Waals surface area contributed by atoms with Crippen molar-refractivity contribution in [3.8, 4) is 0 Å². The molecule has 0 spiro atoms. The monoisotopic (exact) mass is 267 g/mol. The van der Waals surface area contributed by atoms with Crippen LogP contribution in [0.15, 0.2) is 0 Å². The summed E-state index contributed by atoms with van der Waals surface area (Å²) in [4.78, 5) is 14.0. The van der Waals surface area contributed by atoms with Crippen LogP contribution in [0.2, 0.25) is 0 Å². The second-order valence-electron chi connectivity index (χ2n) is 7.92. The largest absolute Gasteiger partial charge is 0.481 e. The quantitative estimate of drug-likeness (QED) is 0.852. The molecule has 2 aliphatic rings. The van der Waals surface area contributed by atoms with Crippen LogP contribution in [-0.4, -0.2) is 35.1 Å². The predicted octanol–water partition coefficient (Wildman–Crippen LogP) is 3.39. The number of hydrogen-bond acceptors (Lipinski definition) is 2. The first kappa shape index (κ1) is 14.8. The molecule has 0 aromatic heterocycles. The summed E-state index contributed by atoms with van der Waals surface area (Å²) < 4.78 is 0. The summed E-state index contributed by atoms with van der Waals surface area (Å²) in [6, 6.07) is 0.683. The Morgan fingerprint density at radius 2 is 2.00 bits per heavy atom. The maximum absolute atomic E-state index is 11.4. The molecule has 1 saturated carbocycles. The smallest absolute Gasteiger partial charge is 0.309 e. The van der Waals surface area contributed by atoms with E-state index in [1.54, 1.807) is 0 Å². The Labute approximate surface area is 117 Å². The van der Waals surface area contributed by atoms with Crippen LogP contribution in [0, 0.1) is 16.7 Å². The molecule has 0 aromatic carbocycles. The predicted molar refractivity (Wildman–Crippen MR) is 77.1 cm³/mol. The lowest BCUT2D eigenvalue weighted by atomic mass is 9.74. The minimum atomic E-state index is -0.647. The van der Waals surface area contributed by atoms with Gasteiger partial charge in [-0.05, 0) is 63.8 Å². The average molecular weight is 267 g/mol. The van der Waals surface area contributed by atoms with E-state index in [4.69, 9.17) is 0 Å². The summed E-state index contributed by atoms with van der Waals surface area (Å²) in [7, 11) is 0. The molecule has 0 bridgehead atoms. The second-order valence-corrected chi connectivity index (χ2v) is 7.92. The first-order valence-corrected chi connectivity index (χ1v) is 7.70. The van der Waals surface area contributed by atoms with E-state index in [0.717, 1.165) is 25.9 Å². The molecule has 1 saturated heterocycles. The van der Waals surface area contributed by atoms with Crippen molar-refractivity contribution in [2.24, 2.45) is 16.7 Å². The molecule has 2 fully saturated rings. The van der Waals surface area contributed by atoms with Crippen LogP contribution in [0.4, 0.5) is 0 Å². The summed E-state index contributed by atoms with van der Waals surface area (Å²) in [6.07, 6.45) is 6.08. The van der Waals surface area contributed by atoms with Crippen LogP contribution in [-0.2, 0) is 4.79 Å². The van der Waals surface area contributed by atoms with Gasteiger partial charge in [0.25, 0.3) is 0 Å². The van der Waals surface area contributed by atoms with Gasteiger partial charge in [0.15, 0.2) is 0 Å². The Morgan fingerprint density at radius 1 is 1.32 bits per heavy atom. The van der Waals surface area contributed by atoms with E-state index in [1.807, 2.05) is 13.8 Å². The third-order valence-corrected chi connectivity index (χ3v) is 5.48. The molecule has 3 nitrogen and oxygen atoms in total. The molecule has 2 atom stereocenters. The number of carboxylic acids is 1. The number of likely N-dealkylation sites (tertiary alicyclic amines) is 1. The SMILES string of the molecule is CC1(C)CCC(N2CCCC(C(C)(C)C(=O)O)C2)C1. The molecule has 110 valence electrons. The van der Waals surface area contributed by atoms with Gasteiger partial charge in [0.05, 0.1) is 5.41 Å².